The standard InChI is InChI=1S/C14H17BF2O3/c1-8(18)9-6-10(12(17)7-11(9)16)15-19-13(2,3)14(4,5)20-15/h6-7H,1-5H3. The topological polar surface area (TPSA) is 35.5 Å². The van der Waals surface area contributed by atoms with E-state index in [4.69, 9.17) is 9.31 Å². The molecular weight excluding hydrogens is 265 g/mol. The van der Waals surface area contributed by atoms with Gasteiger partial charge in [-0.05, 0) is 40.7 Å². The number of hydrogen-bond donors (Lipinski definition) is 0. The van der Waals surface area contributed by atoms with Gasteiger partial charge in [0.15, 0.2) is 5.78 Å². The van der Waals surface area contributed by atoms with Gasteiger partial charge in [0, 0.05) is 11.5 Å². The summed E-state index contributed by atoms with van der Waals surface area (Å²) in [5, 5.41) is 0. The summed E-state index contributed by atoms with van der Waals surface area (Å²) >= 11 is 0. The van der Waals surface area contributed by atoms with E-state index in [1.165, 1.54) is 6.92 Å². The molecule has 1 aliphatic rings. The van der Waals surface area contributed by atoms with Crippen LogP contribution < -0.4 is 5.46 Å². The normalized spacial score (nSPS) is 20.2. The SMILES string of the molecule is CC(=O)c1cc(B2OC(C)(C)C(C)(C)O2)c(F)cc1F. The molecule has 0 aliphatic carbocycles. The van der Waals surface area contributed by atoms with Crippen molar-refractivity contribution in [2.45, 2.75) is 45.8 Å². The van der Waals surface area contributed by atoms with E-state index in [9.17, 15) is 13.6 Å². The third kappa shape index (κ3) is 2.38. The highest BCUT2D eigenvalue weighted by Gasteiger charge is 2.52. The fourth-order valence-electron chi connectivity index (χ4n) is 1.99. The van der Waals surface area contributed by atoms with E-state index in [0.717, 1.165) is 6.07 Å². The van der Waals surface area contributed by atoms with Crippen LogP contribution in [0.15, 0.2) is 12.1 Å². The Morgan fingerprint density at radius 3 is 2.00 bits per heavy atom. The molecule has 1 aromatic carbocycles. The predicted octanol–water partition coefficient (Wildman–Crippen LogP) is 2.47. The maximum Gasteiger partial charge on any atom is 0.497 e. The number of halogens is 2. The van der Waals surface area contributed by atoms with Crippen LogP contribution in [0.5, 0.6) is 0 Å². The first-order chi connectivity index (χ1) is 9.05. The van der Waals surface area contributed by atoms with Crippen LogP contribution in [0, 0.1) is 11.6 Å². The van der Waals surface area contributed by atoms with E-state index in [0.29, 0.717) is 6.07 Å². The highest BCUT2D eigenvalue weighted by molar-refractivity contribution is 6.62. The zero-order chi connectivity index (χ0) is 15.3. The van der Waals surface area contributed by atoms with Crippen LogP contribution >= 0.6 is 0 Å². The van der Waals surface area contributed by atoms with E-state index in [1.807, 2.05) is 27.7 Å². The molecule has 0 aromatic heterocycles. The Labute approximate surface area is 117 Å². The quantitative estimate of drug-likeness (QED) is 0.617. The smallest absolute Gasteiger partial charge is 0.399 e. The van der Waals surface area contributed by atoms with Gasteiger partial charge in [-0.15, -0.1) is 0 Å². The first kappa shape index (κ1) is 15.1. The Hall–Kier alpha value is -1.27. The molecule has 6 heteroatoms. The van der Waals surface area contributed by atoms with Gasteiger partial charge >= 0.3 is 7.12 Å². The number of rotatable bonds is 2. The van der Waals surface area contributed by atoms with Crippen molar-refractivity contribution >= 4 is 18.4 Å². The molecule has 1 fully saturated rings. The number of benzene rings is 1. The van der Waals surface area contributed by atoms with Gasteiger partial charge in [-0.3, -0.25) is 4.79 Å². The van der Waals surface area contributed by atoms with Crippen LogP contribution in [0.3, 0.4) is 0 Å². The maximum absolute atomic E-state index is 13.9. The van der Waals surface area contributed by atoms with Gasteiger partial charge in [0.2, 0.25) is 0 Å². The van der Waals surface area contributed by atoms with Gasteiger partial charge in [0.1, 0.15) is 11.6 Å². The second-order valence-electron chi connectivity index (χ2n) is 6.00. The summed E-state index contributed by atoms with van der Waals surface area (Å²) in [6, 6.07) is 1.85. The second-order valence-corrected chi connectivity index (χ2v) is 6.00. The molecule has 3 nitrogen and oxygen atoms in total. The highest BCUT2D eigenvalue weighted by Crippen LogP contribution is 2.36. The van der Waals surface area contributed by atoms with E-state index in [2.05, 4.69) is 0 Å². The molecule has 0 bridgehead atoms. The molecule has 2 rings (SSSR count). The minimum Gasteiger partial charge on any atom is -0.399 e. The summed E-state index contributed by atoms with van der Waals surface area (Å²) in [5.74, 6) is -2.14. The number of ketones is 1. The van der Waals surface area contributed by atoms with E-state index >= 15 is 0 Å². The van der Waals surface area contributed by atoms with E-state index in [-0.39, 0.29) is 11.0 Å². The van der Waals surface area contributed by atoms with Crippen LogP contribution in [0.2, 0.25) is 0 Å². The van der Waals surface area contributed by atoms with Crippen molar-refractivity contribution in [3.63, 3.8) is 0 Å². The van der Waals surface area contributed by atoms with E-state index in [1.54, 1.807) is 0 Å². The molecule has 1 saturated heterocycles. The zero-order valence-electron chi connectivity index (χ0n) is 12.2. The molecule has 108 valence electrons. The number of carbonyl (C=O) groups is 1. The zero-order valence-corrected chi connectivity index (χ0v) is 12.2. The first-order valence-corrected chi connectivity index (χ1v) is 6.41. The third-order valence-corrected chi connectivity index (χ3v) is 3.97. The Kier molecular flexibility index (Phi) is 3.51. The average Bonchev–Trinajstić information content (AvgIpc) is 2.47. The van der Waals surface area contributed by atoms with Crippen molar-refractivity contribution in [1.29, 1.82) is 0 Å². The number of hydrogen-bond acceptors (Lipinski definition) is 3. The van der Waals surface area contributed by atoms with Crippen molar-refractivity contribution in [1.82, 2.24) is 0 Å². The highest BCUT2D eigenvalue weighted by atomic mass is 19.1. The van der Waals surface area contributed by atoms with Crippen molar-refractivity contribution in [2.75, 3.05) is 0 Å². The molecule has 1 aliphatic heterocycles. The molecule has 20 heavy (non-hydrogen) atoms. The van der Waals surface area contributed by atoms with Crippen LogP contribution in [-0.4, -0.2) is 24.1 Å². The fourth-order valence-corrected chi connectivity index (χ4v) is 1.99. The van der Waals surface area contributed by atoms with Crippen molar-refractivity contribution < 1.29 is 22.9 Å². The largest absolute Gasteiger partial charge is 0.497 e. The van der Waals surface area contributed by atoms with Crippen LogP contribution in [-0.2, 0) is 9.31 Å². The Balaban J connectivity index is 2.45. The molecule has 0 radical (unpaired) electrons. The van der Waals surface area contributed by atoms with Crippen molar-refractivity contribution in [3.8, 4) is 0 Å². The lowest BCUT2D eigenvalue weighted by atomic mass is 9.77. The second kappa shape index (κ2) is 4.64. The van der Waals surface area contributed by atoms with Crippen LogP contribution in [0.1, 0.15) is 45.0 Å². The summed E-state index contributed by atoms with van der Waals surface area (Å²) in [5.41, 5.74) is -1.39. The monoisotopic (exact) mass is 282 g/mol. The lowest BCUT2D eigenvalue weighted by Crippen LogP contribution is -2.41. The Morgan fingerprint density at radius 1 is 1.05 bits per heavy atom. The molecular formula is C14H17BF2O3. The molecule has 0 atom stereocenters. The summed E-state index contributed by atoms with van der Waals surface area (Å²) in [7, 11) is -0.960. The third-order valence-electron chi connectivity index (χ3n) is 3.97. The fraction of sp³-hybridized carbons (Fsp3) is 0.500. The van der Waals surface area contributed by atoms with Gasteiger partial charge in [-0.25, -0.2) is 8.78 Å². The molecule has 0 N–H and O–H groups in total. The number of Topliss-reactive ketones (excluding diaryl/α,β-unsaturated/α-hetero) is 1. The molecule has 0 unspecified atom stereocenters. The average molecular weight is 282 g/mol. The van der Waals surface area contributed by atoms with Crippen molar-refractivity contribution in [3.05, 3.63) is 29.3 Å². The predicted molar refractivity (Wildman–Crippen MR) is 72.1 cm³/mol. The molecule has 1 heterocycles. The van der Waals surface area contributed by atoms with Crippen molar-refractivity contribution in [2.24, 2.45) is 0 Å². The van der Waals surface area contributed by atoms with E-state index < -0.39 is 35.7 Å². The van der Waals surface area contributed by atoms with Gasteiger partial charge in [0.25, 0.3) is 0 Å². The molecule has 0 amide bonds. The number of carbonyl (C=O) groups excluding carboxylic acids is 1. The Morgan fingerprint density at radius 2 is 1.55 bits per heavy atom. The lowest BCUT2D eigenvalue weighted by Gasteiger charge is -2.32. The van der Waals surface area contributed by atoms with Gasteiger partial charge < -0.3 is 9.31 Å². The van der Waals surface area contributed by atoms with Gasteiger partial charge in [0.05, 0.1) is 16.8 Å². The van der Waals surface area contributed by atoms with Crippen LogP contribution in [0.4, 0.5) is 8.78 Å². The van der Waals surface area contributed by atoms with Gasteiger partial charge in [-0.2, -0.15) is 0 Å². The summed E-state index contributed by atoms with van der Waals surface area (Å²) in [6.45, 7) is 8.56. The van der Waals surface area contributed by atoms with Gasteiger partial charge in [-0.1, -0.05) is 0 Å². The first-order valence-electron chi connectivity index (χ1n) is 6.41. The lowest BCUT2D eigenvalue weighted by molar-refractivity contribution is 0.00578. The minimum absolute atomic E-state index is 0.0373. The Bertz CT molecular complexity index is 554. The summed E-state index contributed by atoms with van der Waals surface area (Å²) in [4.78, 5) is 11.4. The molecule has 1 aromatic rings. The summed E-state index contributed by atoms with van der Waals surface area (Å²) in [6.07, 6.45) is 0. The maximum atomic E-state index is 13.9. The summed E-state index contributed by atoms with van der Waals surface area (Å²) < 4.78 is 38.9. The minimum atomic E-state index is -0.960. The molecule has 0 saturated carbocycles. The molecule has 0 spiro atoms. The van der Waals surface area contributed by atoms with Crippen LogP contribution in [0.25, 0.3) is 0 Å².